The third-order valence-electron chi connectivity index (χ3n) is 3.19. The van der Waals surface area contributed by atoms with E-state index in [2.05, 4.69) is 20.5 Å². The Bertz CT molecular complexity index is 457. The van der Waals surface area contributed by atoms with Gasteiger partial charge in [0.05, 0.1) is 12.6 Å². The third kappa shape index (κ3) is 5.32. The smallest absolute Gasteiger partial charge is 0.238 e. The predicted octanol–water partition coefficient (Wildman–Crippen LogP) is 1.10. The molecule has 1 saturated heterocycles. The van der Waals surface area contributed by atoms with Gasteiger partial charge in [-0.3, -0.25) is 9.69 Å². The Morgan fingerprint density at radius 3 is 3.14 bits per heavy atom. The van der Waals surface area contributed by atoms with E-state index in [9.17, 15) is 4.79 Å². The number of aromatic nitrogens is 1. The fraction of sp³-hybridized carbons (Fsp3) is 0.600. The predicted molar refractivity (Wildman–Crippen MR) is 82.6 cm³/mol. The first-order chi connectivity index (χ1) is 10.1. The first-order valence-corrected chi connectivity index (χ1v) is 7.50. The van der Waals surface area contributed by atoms with Crippen LogP contribution in [0.25, 0.3) is 0 Å². The minimum Gasteiger partial charge on any atom is -0.473 e. The van der Waals surface area contributed by atoms with E-state index >= 15 is 0 Å². The lowest BCUT2D eigenvalue weighted by Crippen LogP contribution is -2.35. The van der Waals surface area contributed by atoms with E-state index in [1.165, 1.54) is 0 Å². The Labute approximate surface area is 125 Å². The van der Waals surface area contributed by atoms with Crippen molar-refractivity contribution in [1.82, 2.24) is 15.2 Å². The Balaban J connectivity index is 1.92. The van der Waals surface area contributed by atoms with Crippen LogP contribution in [0.3, 0.4) is 0 Å². The van der Waals surface area contributed by atoms with Crippen LogP contribution in [0.5, 0.6) is 5.88 Å². The number of carbonyl (C=O) groups excluding carboxylic acids is 1. The summed E-state index contributed by atoms with van der Waals surface area (Å²) in [4.78, 5) is 18.5. The lowest BCUT2D eigenvalue weighted by molar-refractivity contribution is -0.117. The fourth-order valence-electron chi connectivity index (χ4n) is 2.26. The Morgan fingerprint density at radius 1 is 1.48 bits per heavy atom. The van der Waals surface area contributed by atoms with Gasteiger partial charge in [0.1, 0.15) is 5.69 Å². The number of hydrogen-bond acceptors (Lipinski definition) is 5. The molecule has 1 aromatic rings. The Kier molecular flexibility index (Phi) is 5.95. The van der Waals surface area contributed by atoms with E-state index in [-0.39, 0.29) is 12.0 Å². The average Bonchev–Trinajstić information content (AvgIpc) is 2.69. The van der Waals surface area contributed by atoms with Gasteiger partial charge in [0, 0.05) is 19.3 Å². The molecule has 1 aliphatic rings. The molecule has 0 spiro atoms. The summed E-state index contributed by atoms with van der Waals surface area (Å²) in [5.41, 5.74) is 0.629. The second kappa shape index (κ2) is 7.95. The summed E-state index contributed by atoms with van der Waals surface area (Å²) in [7, 11) is 0. The van der Waals surface area contributed by atoms with E-state index in [1.54, 1.807) is 12.3 Å². The molecule has 0 aliphatic carbocycles. The number of carbonyl (C=O) groups is 1. The summed E-state index contributed by atoms with van der Waals surface area (Å²) in [5, 5.41) is 6.22. The van der Waals surface area contributed by atoms with Crippen molar-refractivity contribution < 1.29 is 9.53 Å². The van der Waals surface area contributed by atoms with Crippen LogP contribution >= 0.6 is 0 Å². The molecule has 0 aromatic carbocycles. The zero-order valence-corrected chi connectivity index (χ0v) is 12.8. The topological polar surface area (TPSA) is 66.5 Å². The van der Waals surface area contributed by atoms with Crippen LogP contribution in [0.15, 0.2) is 18.3 Å². The molecule has 6 heteroatoms. The monoisotopic (exact) mass is 292 g/mol. The van der Waals surface area contributed by atoms with Crippen molar-refractivity contribution in [1.29, 1.82) is 0 Å². The number of amides is 1. The maximum absolute atomic E-state index is 12.2. The number of ether oxygens (including phenoxy) is 1. The number of nitrogens with one attached hydrogen (secondary N) is 2. The molecular weight excluding hydrogens is 268 g/mol. The number of rotatable bonds is 5. The lowest BCUT2D eigenvalue weighted by Gasteiger charge is -2.19. The van der Waals surface area contributed by atoms with E-state index < -0.39 is 0 Å². The largest absolute Gasteiger partial charge is 0.473 e. The quantitative estimate of drug-likeness (QED) is 0.851. The van der Waals surface area contributed by atoms with Crippen LogP contribution in [-0.2, 0) is 4.79 Å². The van der Waals surface area contributed by atoms with Gasteiger partial charge in [0.2, 0.25) is 11.8 Å². The fourth-order valence-corrected chi connectivity index (χ4v) is 2.26. The molecule has 0 saturated carbocycles. The highest BCUT2D eigenvalue weighted by atomic mass is 16.5. The van der Waals surface area contributed by atoms with Crippen molar-refractivity contribution in [2.24, 2.45) is 0 Å². The van der Waals surface area contributed by atoms with E-state index in [0.717, 1.165) is 32.6 Å². The van der Waals surface area contributed by atoms with Crippen LogP contribution in [0.2, 0.25) is 0 Å². The highest BCUT2D eigenvalue weighted by Gasteiger charge is 2.15. The molecule has 2 heterocycles. The molecule has 0 radical (unpaired) electrons. The summed E-state index contributed by atoms with van der Waals surface area (Å²) >= 11 is 0. The van der Waals surface area contributed by atoms with Gasteiger partial charge in [0.25, 0.3) is 0 Å². The van der Waals surface area contributed by atoms with Crippen molar-refractivity contribution >= 4 is 11.6 Å². The lowest BCUT2D eigenvalue weighted by atomic mass is 10.3. The summed E-state index contributed by atoms with van der Waals surface area (Å²) in [6, 6.07) is 3.60. The summed E-state index contributed by atoms with van der Waals surface area (Å²) in [6.07, 6.45) is 2.75. The first kappa shape index (κ1) is 15.7. The molecule has 0 unspecified atom stereocenters. The van der Waals surface area contributed by atoms with Gasteiger partial charge in [0.15, 0.2) is 0 Å². The van der Waals surface area contributed by atoms with Crippen molar-refractivity contribution in [2.75, 3.05) is 38.0 Å². The summed E-state index contributed by atoms with van der Waals surface area (Å²) in [5.74, 6) is 0.442. The van der Waals surface area contributed by atoms with Gasteiger partial charge in [-0.05, 0) is 45.5 Å². The average molecular weight is 292 g/mol. The molecule has 2 rings (SSSR count). The zero-order valence-electron chi connectivity index (χ0n) is 12.8. The minimum atomic E-state index is -0.0292. The molecule has 0 atom stereocenters. The SMILES string of the molecule is CC(C)Oc1ncccc1NC(=O)CN1CCCNCC1. The van der Waals surface area contributed by atoms with Crippen molar-refractivity contribution in [3.05, 3.63) is 18.3 Å². The highest BCUT2D eigenvalue weighted by molar-refractivity contribution is 5.93. The first-order valence-electron chi connectivity index (χ1n) is 7.50. The van der Waals surface area contributed by atoms with Crippen LogP contribution in [-0.4, -0.2) is 54.6 Å². The highest BCUT2D eigenvalue weighted by Crippen LogP contribution is 2.21. The third-order valence-corrected chi connectivity index (χ3v) is 3.19. The Morgan fingerprint density at radius 2 is 2.33 bits per heavy atom. The number of anilines is 1. The van der Waals surface area contributed by atoms with E-state index in [4.69, 9.17) is 4.74 Å². The molecule has 1 aromatic heterocycles. The van der Waals surface area contributed by atoms with Gasteiger partial charge in [-0.25, -0.2) is 4.98 Å². The minimum absolute atomic E-state index is 0.0206. The number of nitrogens with zero attached hydrogens (tertiary/aromatic N) is 2. The molecular formula is C15H24N4O2. The van der Waals surface area contributed by atoms with Gasteiger partial charge < -0.3 is 15.4 Å². The summed E-state index contributed by atoms with van der Waals surface area (Å²) < 4.78 is 5.61. The van der Waals surface area contributed by atoms with Crippen molar-refractivity contribution in [2.45, 2.75) is 26.4 Å². The molecule has 2 N–H and O–H groups in total. The van der Waals surface area contributed by atoms with E-state index in [1.807, 2.05) is 19.9 Å². The van der Waals surface area contributed by atoms with Crippen molar-refractivity contribution in [3.63, 3.8) is 0 Å². The Hall–Kier alpha value is -1.66. The normalized spacial score (nSPS) is 16.5. The molecule has 1 amide bonds. The molecule has 21 heavy (non-hydrogen) atoms. The van der Waals surface area contributed by atoms with Crippen molar-refractivity contribution in [3.8, 4) is 5.88 Å². The maximum atomic E-state index is 12.2. The van der Waals surface area contributed by atoms with Gasteiger partial charge in [-0.2, -0.15) is 0 Å². The zero-order chi connectivity index (χ0) is 15.1. The van der Waals surface area contributed by atoms with Crippen LogP contribution in [0, 0.1) is 0 Å². The van der Waals surface area contributed by atoms with Gasteiger partial charge in [-0.15, -0.1) is 0 Å². The molecule has 1 fully saturated rings. The van der Waals surface area contributed by atoms with E-state index in [0.29, 0.717) is 18.1 Å². The van der Waals surface area contributed by atoms with Crippen LogP contribution in [0.1, 0.15) is 20.3 Å². The molecule has 6 nitrogen and oxygen atoms in total. The maximum Gasteiger partial charge on any atom is 0.238 e. The standard InChI is InChI=1S/C15H24N4O2/c1-12(2)21-15-13(5-3-7-17-15)18-14(20)11-19-9-4-6-16-8-10-19/h3,5,7,12,16H,4,6,8-11H2,1-2H3,(H,18,20). The van der Waals surface area contributed by atoms with Crippen LogP contribution < -0.4 is 15.4 Å². The van der Waals surface area contributed by atoms with Gasteiger partial charge >= 0.3 is 0 Å². The summed E-state index contributed by atoms with van der Waals surface area (Å²) in [6.45, 7) is 8.07. The molecule has 0 bridgehead atoms. The second-order valence-corrected chi connectivity index (χ2v) is 5.45. The second-order valence-electron chi connectivity index (χ2n) is 5.45. The number of pyridine rings is 1. The molecule has 116 valence electrons. The molecule has 1 aliphatic heterocycles. The number of hydrogen-bond donors (Lipinski definition) is 2. The van der Waals surface area contributed by atoms with Gasteiger partial charge in [-0.1, -0.05) is 0 Å². The van der Waals surface area contributed by atoms with Crippen LogP contribution in [0.4, 0.5) is 5.69 Å².